The van der Waals surface area contributed by atoms with Gasteiger partial charge in [-0.1, -0.05) is 17.7 Å². The number of carbonyl (C=O) groups excluding carboxylic acids is 1. The second-order valence-electron chi connectivity index (χ2n) is 5.27. The molecule has 7 heteroatoms. The van der Waals surface area contributed by atoms with Crippen LogP contribution in [0, 0.1) is 13.8 Å². The summed E-state index contributed by atoms with van der Waals surface area (Å²) in [6, 6.07) is 5.75. The van der Waals surface area contributed by atoms with Crippen molar-refractivity contribution in [3.05, 3.63) is 29.3 Å². The number of sulfonamides is 1. The molecule has 0 saturated carbocycles. The van der Waals surface area contributed by atoms with E-state index in [1.54, 1.807) is 0 Å². The second kappa shape index (κ2) is 8.26. The molecule has 0 aliphatic heterocycles. The van der Waals surface area contributed by atoms with Crippen molar-refractivity contribution in [3.63, 3.8) is 0 Å². The van der Waals surface area contributed by atoms with Gasteiger partial charge in [-0.3, -0.25) is 4.79 Å². The van der Waals surface area contributed by atoms with Crippen LogP contribution in [-0.4, -0.2) is 51.7 Å². The lowest BCUT2D eigenvalue weighted by molar-refractivity contribution is -0.116. The molecule has 0 unspecified atom stereocenters. The molecule has 1 aromatic rings. The average molecular weight is 328 g/mol. The number of hydrogen-bond donors (Lipinski definition) is 1. The summed E-state index contributed by atoms with van der Waals surface area (Å²) in [7, 11) is -1.84. The van der Waals surface area contributed by atoms with Crippen LogP contribution in [0.2, 0.25) is 0 Å². The van der Waals surface area contributed by atoms with Crippen molar-refractivity contribution in [2.24, 2.45) is 0 Å². The number of hydrogen-bond acceptors (Lipinski definition) is 4. The summed E-state index contributed by atoms with van der Waals surface area (Å²) in [6.45, 7) is 4.58. The first kappa shape index (κ1) is 18.6. The van der Waals surface area contributed by atoms with Crippen molar-refractivity contribution < 1.29 is 17.9 Å². The number of amides is 1. The molecule has 124 valence electrons. The summed E-state index contributed by atoms with van der Waals surface area (Å²) in [5.41, 5.74) is 2.85. The summed E-state index contributed by atoms with van der Waals surface area (Å²) >= 11 is 0. The molecule has 0 aliphatic carbocycles. The standard InChI is InChI=1S/C15H24N2O4S/c1-12-5-6-14(13(2)11-12)16-15(18)7-8-17(9-10-21-3)22(4,19)20/h5-6,11H,7-10H2,1-4H3,(H,16,18). The maximum absolute atomic E-state index is 12.0. The minimum atomic E-state index is -3.35. The van der Waals surface area contributed by atoms with Crippen molar-refractivity contribution >= 4 is 21.6 Å². The topological polar surface area (TPSA) is 75.7 Å². The minimum absolute atomic E-state index is 0.101. The Balaban J connectivity index is 2.60. The number of aryl methyl sites for hydroxylation is 2. The van der Waals surface area contributed by atoms with Gasteiger partial charge in [-0.15, -0.1) is 0 Å². The van der Waals surface area contributed by atoms with Gasteiger partial charge in [-0.2, -0.15) is 4.31 Å². The monoisotopic (exact) mass is 328 g/mol. The number of carbonyl (C=O) groups is 1. The molecule has 6 nitrogen and oxygen atoms in total. The van der Waals surface area contributed by atoms with E-state index in [0.29, 0.717) is 6.61 Å². The predicted octanol–water partition coefficient (Wildman–Crippen LogP) is 1.54. The highest BCUT2D eigenvalue weighted by molar-refractivity contribution is 7.88. The molecule has 1 rings (SSSR count). The van der Waals surface area contributed by atoms with E-state index in [9.17, 15) is 13.2 Å². The molecular formula is C15H24N2O4S. The summed E-state index contributed by atoms with van der Waals surface area (Å²) in [5.74, 6) is -0.210. The van der Waals surface area contributed by atoms with E-state index in [2.05, 4.69) is 5.32 Å². The van der Waals surface area contributed by atoms with Crippen LogP contribution in [0.5, 0.6) is 0 Å². The zero-order valence-corrected chi connectivity index (χ0v) is 14.4. The van der Waals surface area contributed by atoms with Gasteiger partial charge in [-0.05, 0) is 25.5 Å². The Hall–Kier alpha value is -1.44. The number of nitrogens with zero attached hydrogens (tertiary/aromatic N) is 1. The third-order valence-corrected chi connectivity index (χ3v) is 4.56. The highest BCUT2D eigenvalue weighted by Gasteiger charge is 2.17. The van der Waals surface area contributed by atoms with Gasteiger partial charge < -0.3 is 10.1 Å². The average Bonchev–Trinajstić information content (AvgIpc) is 2.40. The van der Waals surface area contributed by atoms with Crippen molar-refractivity contribution in [1.82, 2.24) is 4.31 Å². The minimum Gasteiger partial charge on any atom is -0.383 e. The fraction of sp³-hybridized carbons (Fsp3) is 0.533. The largest absolute Gasteiger partial charge is 0.383 e. The van der Waals surface area contributed by atoms with Crippen molar-refractivity contribution in [2.45, 2.75) is 20.3 Å². The van der Waals surface area contributed by atoms with Crippen LogP contribution in [0.15, 0.2) is 18.2 Å². The Morgan fingerprint density at radius 1 is 1.27 bits per heavy atom. The van der Waals surface area contributed by atoms with Crippen LogP contribution in [0.4, 0.5) is 5.69 Å². The summed E-state index contributed by atoms with van der Waals surface area (Å²) in [5, 5.41) is 2.81. The normalized spacial score (nSPS) is 11.7. The first-order valence-corrected chi connectivity index (χ1v) is 8.90. The van der Waals surface area contributed by atoms with Gasteiger partial charge in [0.2, 0.25) is 15.9 Å². The van der Waals surface area contributed by atoms with Crippen LogP contribution < -0.4 is 5.32 Å². The highest BCUT2D eigenvalue weighted by atomic mass is 32.2. The Kier molecular flexibility index (Phi) is 6.99. The summed E-state index contributed by atoms with van der Waals surface area (Å²) in [4.78, 5) is 12.0. The van der Waals surface area contributed by atoms with Crippen LogP contribution in [0.1, 0.15) is 17.5 Å². The van der Waals surface area contributed by atoms with Gasteiger partial charge in [0.15, 0.2) is 0 Å². The van der Waals surface area contributed by atoms with Crippen molar-refractivity contribution in [1.29, 1.82) is 0 Å². The highest BCUT2D eigenvalue weighted by Crippen LogP contribution is 2.16. The van der Waals surface area contributed by atoms with Crippen LogP contribution in [0.25, 0.3) is 0 Å². The Bertz CT molecular complexity index is 614. The molecule has 0 atom stereocenters. The van der Waals surface area contributed by atoms with Crippen molar-refractivity contribution in [3.8, 4) is 0 Å². The number of methoxy groups -OCH3 is 1. The number of nitrogens with one attached hydrogen (secondary N) is 1. The van der Waals surface area contributed by atoms with Gasteiger partial charge in [0.25, 0.3) is 0 Å². The van der Waals surface area contributed by atoms with Gasteiger partial charge >= 0.3 is 0 Å². The molecule has 1 amide bonds. The maximum atomic E-state index is 12.0. The number of rotatable bonds is 8. The van der Waals surface area contributed by atoms with Crippen LogP contribution in [-0.2, 0) is 19.6 Å². The fourth-order valence-electron chi connectivity index (χ4n) is 2.03. The maximum Gasteiger partial charge on any atom is 0.225 e. The lowest BCUT2D eigenvalue weighted by atomic mass is 10.1. The van der Waals surface area contributed by atoms with Gasteiger partial charge in [0.1, 0.15) is 0 Å². The van der Waals surface area contributed by atoms with Gasteiger partial charge in [0.05, 0.1) is 12.9 Å². The molecule has 0 bridgehead atoms. The lowest BCUT2D eigenvalue weighted by Gasteiger charge is -2.19. The number of benzene rings is 1. The van der Waals surface area contributed by atoms with E-state index < -0.39 is 10.0 Å². The van der Waals surface area contributed by atoms with E-state index >= 15 is 0 Å². The molecule has 0 spiro atoms. The first-order chi connectivity index (χ1) is 10.2. The molecule has 0 aromatic heterocycles. The zero-order chi connectivity index (χ0) is 16.8. The summed E-state index contributed by atoms with van der Waals surface area (Å²) < 4.78 is 29.4. The molecule has 1 N–H and O–H groups in total. The zero-order valence-electron chi connectivity index (χ0n) is 13.5. The Morgan fingerprint density at radius 2 is 1.95 bits per heavy atom. The molecule has 0 aliphatic rings. The van der Waals surface area contributed by atoms with E-state index in [4.69, 9.17) is 4.74 Å². The molecule has 0 heterocycles. The van der Waals surface area contributed by atoms with Gasteiger partial charge in [0, 0.05) is 32.3 Å². The molecule has 0 saturated heterocycles. The van der Waals surface area contributed by atoms with E-state index in [1.165, 1.54) is 11.4 Å². The quantitative estimate of drug-likeness (QED) is 0.785. The first-order valence-electron chi connectivity index (χ1n) is 7.05. The Labute approximate surface area is 132 Å². The predicted molar refractivity (Wildman–Crippen MR) is 87.5 cm³/mol. The smallest absolute Gasteiger partial charge is 0.225 e. The van der Waals surface area contributed by atoms with Crippen LogP contribution in [0.3, 0.4) is 0 Å². The number of anilines is 1. The third kappa shape index (κ3) is 6.13. The molecular weight excluding hydrogens is 304 g/mol. The van der Waals surface area contributed by atoms with E-state index in [1.807, 2.05) is 32.0 Å². The fourth-order valence-corrected chi connectivity index (χ4v) is 2.86. The third-order valence-electron chi connectivity index (χ3n) is 3.26. The summed E-state index contributed by atoms with van der Waals surface area (Å²) in [6.07, 6.45) is 1.23. The lowest BCUT2D eigenvalue weighted by Crippen LogP contribution is -2.35. The number of ether oxygens (including phenoxy) is 1. The van der Waals surface area contributed by atoms with Gasteiger partial charge in [-0.25, -0.2) is 8.42 Å². The molecule has 22 heavy (non-hydrogen) atoms. The molecule has 0 radical (unpaired) electrons. The van der Waals surface area contributed by atoms with Crippen molar-refractivity contribution in [2.75, 3.05) is 38.4 Å². The molecule has 0 fully saturated rings. The van der Waals surface area contributed by atoms with E-state index in [0.717, 1.165) is 23.1 Å². The molecule has 1 aromatic carbocycles. The van der Waals surface area contributed by atoms with Crippen LogP contribution >= 0.6 is 0 Å². The van der Waals surface area contributed by atoms with E-state index in [-0.39, 0.29) is 25.4 Å². The second-order valence-corrected chi connectivity index (χ2v) is 7.25. The SMILES string of the molecule is COCCN(CCC(=O)Nc1ccc(C)cc1C)S(C)(=O)=O. The Morgan fingerprint density at radius 3 is 2.50 bits per heavy atom.